The van der Waals surface area contributed by atoms with Crippen molar-refractivity contribution in [1.82, 2.24) is 4.57 Å². The monoisotopic (exact) mass is 1220 g/mol. The van der Waals surface area contributed by atoms with Gasteiger partial charge in [0.2, 0.25) is 0 Å². The van der Waals surface area contributed by atoms with Gasteiger partial charge in [-0.1, -0.05) is 291 Å². The maximum atomic E-state index is 2.67. The molecule has 0 aliphatic carbocycles. The van der Waals surface area contributed by atoms with Crippen LogP contribution in [-0.2, 0) is 0 Å². The molecule has 0 bridgehead atoms. The summed E-state index contributed by atoms with van der Waals surface area (Å²) >= 11 is 0. The van der Waals surface area contributed by atoms with Crippen molar-refractivity contribution in [1.29, 1.82) is 0 Å². The van der Waals surface area contributed by atoms with Gasteiger partial charge < -0.3 is 14.4 Å². The van der Waals surface area contributed by atoms with E-state index in [0.29, 0.717) is 0 Å². The highest BCUT2D eigenvalue weighted by molar-refractivity contribution is 7.00. The minimum Gasteiger partial charge on any atom is -0.310 e. The molecule has 0 radical (unpaired) electrons. The third-order valence-electron chi connectivity index (χ3n) is 20.1. The summed E-state index contributed by atoms with van der Waals surface area (Å²) < 4.78 is 2.48. The van der Waals surface area contributed by atoms with E-state index in [1.807, 2.05) is 0 Å². The Bertz CT molecular complexity index is 5660. The van der Waals surface area contributed by atoms with Gasteiger partial charge in [0.25, 0.3) is 6.71 Å². The molecule has 16 aromatic carbocycles. The fourth-order valence-corrected chi connectivity index (χ4v) is 15.9. The first-order chi connectivity index (χ1) is 47.7. The zero-order valence-corrected chi connectivity index (χ0v) is 52.6. The summed E-state index contributed by atoms with van der Waals surface area (Å²) in [6.07, 6.45) is 0. The van der Waals surface area contributed by atoms with Gasteiger partial charge in [0.1, 0.15) is 0 Å². The van der Waals surface area contributed by atoms with Crippen LogP contribution in [0, 0.1) is 0 Å². The molecular formula is C92H60BN3. The quantitative estimate of drug-likeness (QED) is 0.0999. The molecule has 0 spiro atoms. The van der Waals surface area contributed by atoms with Crippen LogP contribution < -0.4 is 26.2 Å². The molecule has 446 valence electrons. The van der Waals surface area contributed by atoms with Crippen LogP contribution in [0.5, 0.6) is 0 Å². The topological polar surface area (TPSA) is 11.4 Å². The van der Waals surface area contributed by atoms with Crippen molar-refractivity contribution in [3.05, 3.63) is 364 Å². The van der Waals surface area contributed by atoms with Crippen molar-refractivity contribution < 1.29 is 0 Å². The molecule has 0 N–H and O–H groups in total. The van der Waals surface area contributed by atoms with Crippen molar-refractivity contribution in [2.24, 2.45) is 0 Å². The fraction of sp³-hybridized carbons (Fsp3) is 0. The second-order valence-corrected chi connectivity index (χ2v) is 25.4. The highest BCUT2D eigenvalue weighted by Crippen LogP contribution is 2.55. The zero-order chi connectivity index (χ0) is 63.2. The van der Waals surface area contributed by atoms with Crippen molar-refractivity contribution >= 4 is 101 Å². The molecule has 17 aromatic rings. The lowest BCUT2D eigenvalue weighted by Crippen LogP contribution is -2.61. The SMILES string of the molecule is c1ccc(-c2cc(-c3ccccc3)c(N3c4cc(-c5c6ccccc6cc6ccccc56)ccc4B4c5ccc(-n6c7ccccc7c7ccccc76)cc5N(c5c(-c6ccccc6)cc(-c6ccccc6)cc5-c5ccccc5)c5cccc3c54)c(-c3ccccc3)c2)cc1. The second kappa shape index (κ2) is 22.7. The first-order valence-electron chi connectivity index (χ1n) is 33.3. The first kappa shape index (κ1) is 55.2. The number of benzene rings is 16. The molecule has 0 unspecified atom stereocenters. The van der Waals surface area contributed by atoms with E-state index in [0.717, 1.165) is 112 Å². The molecule has 19 rings (SSSR count). The summed E-state index contributed by atoms with van der Waals surface area (Å²) in [5, 5.41) is 7.33. The van der Waals surface area contributed by atoms with Gasteiger partial charge in [-0.3, -0.25) is 0 Å². The first-order valence-corrected chi connectivity index (χ1v) is 33.3. The number of hydrogen-bond donors (Lipinski definition) is 0. The number of rotatable bonds is 10. The number of hydrogen-bond acceptors (Lipinski definition) is 2. The Hall–Kier alpha value is -12.5. The predicted molar refractivity (Wildman–Crippen MR) is 408 cm³/mol. The minimum atomic E-state index is -0.216. The maximum Gasteiger partial charge on any atom is 0.252 e. The van der Waals surface area contributed by atoms with Crippen molar-refractivity contribution in [3.8, 4) is 83.6 Å². The van der Waals surface area contributed by atoms with Crippen molar-refractivity contribution in [3.63, 3.8) is 0 Å². The third-order valence-corrected chi connectivity index (χ3v) is 20.1. The van der Waals surface area contributed by atoms with E-state index in [9.17, 15) is 0 Å². The lowest BCUT2D eigenvalue weighted by molar-refractivity contribution is 1.17. The smallest absolute Gasteiger partial charge is 0.252 e. The molecule has 96 heavy (non-hydrogen) atoms. The zero-order valence-electron chi connectivity index (χ0n) is 52.6. The van der Waals surface area contributed by atoms with Gasteiger partial charge in [-0.05, 0) is 166 Å². The number of anilines is 6. The Kier molecular flexibility index (Phi) is 13.0. The van der Waals surface area contributed by atoms with E-state index >= 15 is 0 Å². The Morgan fingerprint density at radius 2 is 0.573 bits per heavy atom. The maximum absolute atomic E-state index is 2.67. The fourth-order valence-electron chi connectivity index (χ4n) is 15.9. The number of nitrogens with zero attached hydrogens (tertiary/aromatic N) is 3. The van der Waals surface area contributed by atoms with Gasteiger partial charge in [0.15, 0.2) is 0 Å². The standard InChI is InChI=1S/C92H60BN3/c1-7-28-61(29-8-1)70-55-77(63-32-11-3-12-33-63)91(78(56-70)64-34-13-4-14-35-64)95-85-48-27-49-86-90(85)93(81-52-50-69(59-87(81)95)89-73-42-21-19-40-67(73)54-68-41-20-22-43-74(68)89)82-53-51-72(94-83-46-25-23-44-75(83)76-45-24-26-47-84(76)94)60-88(82)96(86)92-79(65-36-15-5-16-37-65)57-71(62-30-9-2-10-31-62)58-80(92)66-38-17-6-18-39-66/h1-60H. The van der Waals surface area contributed by atoms with Gasteiger partial charge in [-0.2, -0.15) is 0 Å². The highest BCUT2D eigenvalue weighted by Gasteiger charge is 2.45. The van der Waals surface area contributed by atoms with E-state index in [-0.39, 0.29) is 6.71 Å². The summed E-state index contributed by atoms with van der Waals surface area (Å²) in [7, 11) is 0. The van der Waals surface area contributed by atoms with Crippen molar-refractivity contribution in [2.45, 2.75) is 0 Å². The molecule has 2 aliphatic heterocycles. The molecule has 0 saturated carbocycles. The average Bonchev–Trinajstić information content (AvgIpc) is 0.765. The molecule has 0 atom stereocenters. The molecule has 0 amide bonds. The minimum absolute atomic E-state index is 0.216. The summed E-state index contributed by atoms with van der Waals surface area (Å²) in [5.41, 5.74) is 29.9. The molecule has 0 fully saturated rings. The number of aromatic nitrogens is 1. The van der Waals surface area contributed by atoms with Gasteiger partial charge in [0, 0.05) is 61.5 Å². The van der Waals surface area contributed by atoms with E-state index in [1.54, 1.807) is 0 Å². The molecule has 2 aliphatic rings. The lowest BCUT2D eigenvalue weighted by atomic mass is 9.33. The Labute approximate surface area is 559 Å². The van der Waals surface area contributed by atoms with Crippen LogP contribution in [0.2, 0.25) is 0 Å². The Balaban J connectivity index is 0.973. The summed E-state index contributed by atoms with van der Waals surface area (Å²) in [4.78, 5) is 5.33. The number of para-hydroxylation sites is 2. The normalized spacial score (nSPS) is 12.3. The summed E-state index contributed by atoms with van der Waals surface area (Å²) in [6, 6.07) is 136. The van der Waals surface area contributed by atoms with Crippen LogP contribution in [0.1, 0.15) is 0 Å². The van der Waals surface area contributed by atoms with Crippen LogP contribution in [-0.4, -0.2) is 11.3 Å². The van der Waals surface area contributed by atoms with Crippen molar-refractivity contribution in [2.75, 3.05) is 9.80 Å². The van der Waals surface area contributed by atoms with Gasteiger partial charge in [-0.15, -0.1) is 0 Å². The molecule has 4 heteroatoms. The second-order valence-electron chi connectivity index (χ2n) is 25.4. The van der Waals surface area contributed by atoms with Crippen LogP contribution in [0.4, 0.5) is 34.1 Å². The van der Waals surface area contributed by atoms with Crippen LogP contribution in [0.25, 0.3) is 127 Å². The van der Waals surface area contributed by atoms with E-state index in [4.69, 9.17) is 0 Å². The molecule has 1 aromatic heterocycles. The van der Waals surface area contributed by atoms with Crippen LogP contribution >= 0.6 is 0 Å². The average molecular weight is 1220 g/mol. The van der Waals surface area contributed by atoms with E-state index in [1.165, 1.54) is 65.3 Å². The van der Waals surface area contributed by atoms with Gasteiger partial charge >= 0.3 is 0 Å². The lowest BCUT2D eigenvalue weighted by Gasteiger charge is -2.46. The molecular weight excluding hydrogens is 1160 g/mol. The Morgan fingerprint density at radius 3 is 1.00 bits per heavy atom. The summed E-state index contributed by atoms with van der Waals surface area (Å²) in [6.45, 7) is -0.216. The molecule has 0 saturated heterocycles. The third kappa shape index (κ3) is 8.91. The molecule has 3 heterocycles. The largest absolute Gasteiger partial charge is 0.310 e. The van der Waals surface area contributed by atoms with E-state index < -0.39 is 0 Å². The number of fused-ring (bicyclic) bond motifs is 9. The molecule has 3 nitrogen and oxygen atoms in total. The predicted octanol–water partition coefficient (Wildman–Crippen LogP) is 22.8. The van der Waals surface area contributed by atoms with Crippen LogP contribution in [0.15, 0.2) is 364 Å². The van der Waals surface area contributed by atoms with E-state index in [2.05, 4.69) is 378 Å². The highest BCUT2D eigenvalue weighted by atomic mass is 15.2. The summed E-state index contributed by atoms with van der Waals surface area (Å²) in [5.74, 6) is 0. The van der Waals surface area contributed by atoms with Gasteiger partial charge in [-0.25, -0.2) is 0 Å². The Morgan fingerprint density at radius 1 is 0.219 bits per heavy atom. The van der Waals surface area contributed by atoms with Gasteiger partial charge in [0.05, 0.1) is 22.4 Å². The van der Waals surface area contributed by atoms with Crippen LogP contribution in [0.3, 0.4) is 0 Å².